The summed E-state index contributed by atoms with van der Waals surface area (Å²) in [6.45, 7) is 0.612. The van der Waals surface area contributed by atoms with Crippen LogP contribution in [-0.2, 0) is 24.1 Å². The molecule has 0 aliphatic carbocycles. The quantitative estimate of drug-likeness (QED) is 0.487. The molecule has 0 aliphatic heterocycles. The molecule has 2 heterocycles. The van der Waals surface area contributed by atoms with E-state index in [4.69, 9.17) is 0 Å². The monoisotopic (exact) mass is 402 g/mol. The van der Waals surface area contributed by atoms with E-state index in [0.29, 0.717) is 13.0 Å². The molecule has 0 aliphatic rings. The van der Waals surface area contributed by atoms with Crippen LogP contribution in [0.15, 0.2) is 78.4 Å². The second kappa shape index (κ2) is 9.30. The average molecular weight is 403 g/mol. The molecule has 1 N–H and O–H groups in total. The first-order valence-electron chi connectivity index (χ1n) is 9.59. The summed E-state index contributed by atoms with van der Waals surface area (Å²) >= 11 is 1.61. The van der Waals surface area contributed by atoms with Crippen molar-refractivity contribution in [2.75, 3.05) is 6.54 Å². The van der Waals surface area contributed by atoms with Crippen LogP contribution in [0, 0.1) is 0 Å². The second-order valence-corrected chi connectivity index (χ2v) is 7.73. The maximum atomic E-state index is 12.2. The van der Waals surface area contributed by atoms with Crippen LogP contribution in [-0.4, -0.2) is 27.2 Å². The lowest BCUT2D eigenvalue weighted by atomic mass is 10.1. The summed E-state index contributed by atoms with van der Waals surface area (Å²) in [7, 11) is 0. The van der Waals surface area contributed by atoms with E-state index in [1.165, 1.54) is 11.1 Å². The van der Waals surface area contributed by atoms with Gasteiger partial charge in [-0.15, -0.1) is 11.3 Å². The van der Waals surface area contributed by atoms with E-state index in [-0.39, 0.29) is 5.91 Å². The van der Waals surface area contributed by atoms with Crippen molar-refractivity contribution in [1.29, 1.82) is 0 Å². The maximum Gasteiger partial charge on any atom is 0.226 e. The Labute approximate surface area is 174 Å². The molecule has 6 heteroatoms. The number of rotatable bonds is 8. The number of aromatic nitrogens is 3. The lowest BCUT2D eigenvalue weighted by Crippen LogP contribution is -2.27. The van der Waals surface area contributed by atoms with Gasteiger partial charge >= 0.3 is 0 Å². The van der Waals surface area contributed by atoms with Crippen molar-refractivity contribution >= 4 is 17.2 Å². The molecule has 0 fully saturated rings. The third-order valence-corrected chi connectivity index (χ3v) is 5.48. The normalized spacial score (nSPS) is 10.8. The molecule has 1 amide bonds. The van der Waals surface area contributed by atoms with E-state index in [2.05, 4.69) is 39.7 Å². The molecule has 0 saturated carbocycles. The maximum absolute atomic E-state index is 12.2. The van der Waals surface area contributed by atoms with Crippen molar-refractivity contribution in [3.8, 4) is 5.69 Å². The molecule has 146 valence electrons. The van der Waals surface area contributed by atoms with Crippen molar-refractivity contribution < 1.29 is 4.79 Å². The number of carbonyl (C=O) groups is 1. The Hall–Kier alpha value is -3.25. The zero-order valence-corrected chi connectivity index (χ0v) is 16.8. The van der Waals surface area contributed by atoms with Crippen molar-refractivity contribution in [3.05, 3.63) is 100 Å². The topological polar surface area (TPSA) is 59.8 Å². The number of benzene rings is 2. The van der Waals surface area contributed by atoms with E-state index in [1.807, 2.05) is 52.7 Å². The van der Waals surface area contributed by atoms with Gasteiger partial charge in [-0.3, -0.25) is 4.79 Å². The van der Waals surface area contributed by atoms with Gasteiger partial charge in [0, 0.05) is 30.7 Å². The van der Waals surface area contributed by atoms with Gasteiger partial charge in [0.25, 0.3) is 0 Å². The van der Waals surface area contributed by atoms with Gasteiger partial charge in [0.1, 0.15) is 0 Å². The molecule has 4 rings (SSSR count). The first-order chi connectivity index (χ1) is 14.3. The van der Waals surface area contributed by atoms with Crippen LogP contribution in [0.25, 0.3) is 5.69 Å². The Morgan fingerprint density at radius 3 is 2.59 bits per heavy atom. The highest BCUT2D eigenvalue weighted by Gasteiger charge is 2.08. The molecule has 0 bridgehead atoms. The third kappa shape index (κ3) is 5.39. The highest BCUT2D eigenvalue weighted by molar-refractivity contribution is 7.09. The lowest BCUT2D eigenvalue weighted by Gasteiger charge is -2.06. The van der Waals surface area contributed by atoms with E-state index >= 15 is 0 Å². The summed E-state index contributed by atoms with van der Waals surface area (Å²) in [6.07, 6.45) is 5.60. The predicted molar refractivity (Wildman–Crippen MR) is 115 cm³/mol. The molecule has 0 atom stereocenters. The summed E-state index contributed by atoms with van der Waals surface area (Å²) in [6, 6.07) is 20.4. The van der Waals surface area contributed by atoms with Crippen LogP contribution in [0.4, 0.5) is 0 Å². The highest BCUT2D eigenvalue weighted by atomic mass is 32.1. The number of amides is 1. The Morgan fingerprint density at radius 1 is 1.00 bits per heavy atom. The summed E-state index contributed by atoms with van der Waals surface area (Å²) in [5.41, 5.74) is 4.27. The zero-order chi connectivity index (χ0) is 19.9. The molecular weight excluding hydrogens is 380 g/mol. The van der Waals surface area contributed by atoms with Gasteiger partial charge < -0.3 is 5.32 Å². The fourth-order valence-corrected chi connectivity index (χ4v) is 3.92. The Bertz CT molecular complexity index is 1040. The molecule has 4 aromatic rings. The number of thiazole rings is 1. The van der Waals surface area contributed by atoms with Crippen LogP contribution >= 0.6 is 11.3 Å². The van der Waals surface area contributed by atoms with Gasteiger partial charge in [-0.25, -0.2) is 9.67 Å². The first kappa shape index (κ1) is 19.1. The minimum absolute atomic E-state index is 0.00900. The summed E-state index contributed by atoms with van der Waals surface area (Å²) in [5.74, 6) is 0.00900. The van der Waals surface area contributed by atoms with Gasteiger partial charge in [-0.2, -0.15) is 5.10 Å². The number of hydrogen-bond donors (Lipinski definition) is 1. The van der Waals surface area contributed by atoms with Crippen molar-refractivity contribution in [3.63, 3.8) is 0 Å². The average Bonchev–Trinajstić information content (AvgIpc) is 3.42. The van der Waals surface area contributed by atoms with Crippen LogP contribution in [0.1, 0.15) is 21.8 Å². The molecule has 0 spiro atoms. The number of carbonyl (C=O) groups excluding carboxylic acids is 1. The standard InChI is InChI=1S/C23H22N4OS/c28-22(16-20-17-29-23(26-20)15-19-5-2-1-3-6-19)24-13-11-18-7-9-21(10-8-18)27-14-4-12-25-27/h1-10,12,14,17H,11,13,15-16H2,(H,24,28). The smallest absolute Gasteiger partial charge is 0.226 e. The summed E-state index contributed by atoms with van der Waals surface area (Å²) < 4.78 is 1.82. The largest absolute Gasteiger partial charge is 0.355 e. The Balaban J connectivity index is 1.22. The van der Waals surface area contributed by atoms with E-state index in [9.17, 15) is 4.79 Å². The fraction of sp³-hybridized carbons (Fsp3) is 0.174. The minimum Gasteiger partial charge on any atom is -0.355 e. The van der Waals surface area contributed by atoms with Crippen molar-refractivity contribution in [2.45, 2.75) is 19.3 Å². The van der Waals surface area contributed by atoms with E-state index < -0.39 is 0 Å². The van der Waals surface area contributed by atoms with Crippen LogP contribution in [0.3, 0.4) is 0 Å². The molecule has 29 heavy (non-hydrogen) atoms. The molecule has 0 unspecified atom stereocenters. The SMILES string of the molecule is O=C(Cc1csc(Cc2ccccc2)n1)NCCc1ccc(-n2cccn2)cc1. The van der Waals surface area contributed by atoms with Crippen LogP contribution < -0.4 is 5.32 Å². The second-order valence-electron chi connectivity index (χ2n) is 6.79. The lowest BCUT2D eigenvalue weighted by molar-refractivity contribution is -0.120. The van der Waals surface area contributed by atoms with E-state index in [0.717, 1.165) is 29.2 Å². The molecule has 5 nitrogen and oxygen atoms in total. The van der Waals surface area contributed by atoms with Gasteiger partial charge in [0.2, 0.25) is 5.91 Å². The summed E-state index contributed by atoms with van der Waals surface area (Å²) in [4.78, 5) is 16.8. The zero-order valence-electron chi connectivity index (χ0n) is 16.0. The molecule has 2 aromatic carbocycles. The number of hydrogen-bond acceptors (Lipinski definition) is 4. The van der Waals surface area contributed by atoms with Gasteiger partial charge in [-0.05, 0) is 35.7 Å². The van der Waals surface area contributed by atoms with Gasteiger partial charge in [0.05, 0.1) is 22.8 Å². The first-order valence-corrected chi connectivity index (χ1v) is 10.5. The minimum atomic E-state index is 0.00900. The molecule has 0 radical (unpaired) electrons. The van der Waals surface area contributed by atoms with Crippen LogP contribution in [0.5, 0.6) is 0 Å². The fourth-order valence-electron chi connectivity index (χ4n) is 3.09. The summed E-state index contributed by atoms with van der Waals surface area (Å²) in [5, 5.41) is 10.2. The van der Waals surface area contributed by atoms with Gasteiger partial charge in [-0.1, -0.05) is 42.5 Å². The highest BCUT2D eigenvalue weighted by Crippen LogP contribution is 2.15. The van der Waals surface area contributed by atoms with Crippen molar-refractivity contribution in [1.82, 2.24) is 20.1 Å². The van der Waals surface area contributed by atoms with E-state index in [1.54, 1.807) is 17.5 Å². The molecular formula is C23H22N4OS. The number of nitrogens with one attached hydrogen (secondary N) is 1. The Kier molecular flexibility index (Phi) is 6.12. The van der Waals surface area contributed by atoms with Crippen LogP contribution in [0.2, 0.25) is 0 Å². The van der Waals surface area contributed by atoms with Gasteiger partial charge in [0.15, 0.2) is 0 Å². The third-order valence-electron chi connectivity index (χ3n) is 4.58. The molecule has 2 aromatic heterocycles. The van der Waals surface area contributed by atoms with Crippen molar-refractivity contribution in [2.24, 2.45) is 0 Å². The Morgan fingerprint density at radius 2 is 1.83 bits per heavy atom. The number of nitrogens with zero attached hydrogens (tertiary/aromatic N) is 3. The predicted octanol–water partition coefficient (Wildman–Crippen LogP) is 3.82. The molecule has 0 saturated heterocycles.